The molecule has 0 aliphatic rings. The first-order valence-corrected chi connectivity index (χ1v) is 6.49. The molecule has 0 saturated heterocycles. The number of halogens is 1. The van der Waals surface area contributed by atoms with Gasteiger partial charge in [-0.15, -0.1) is 11.6 Å². The summed E-state index contributed by atoms with van der Waals surface area (Å²) in [6.45, 7) is 7.99. The van der Waals surface area contributed by atoms with E-state index in [-0.39, 0.29) is 5.38 Å². The SMILES string of the molecule is CCC(CC)n1ccc(CNCC(C)Cl)n1. The quantitative estimate of drug-likeness (QED) is 0.747. The van der Waals surface area contributed by atoms with Crippen molar-refractivity contribution >= 4 is 11.6 Å². The molecule has 0 aromatic carbocycles. The molecule has 1 heterocycles. The van der Waals surface area contributed by atoms with Crippen molar-refractivity contribution in [1.82, 2.24) is 15.1 Å². The Morgan fingerprint density at radius 2 is 2.12 bits per heavy atom. The van der Waals surface area contributed by atoms with Crippen LogP contribution in [-0.4, -0.2) is 21.7 Å². The molecule has 0 bridgehead atoms. The molecule has 1 N–H and O–H groups in total. The van der Waals surface area contributed by atoms with Crippen LogP contribution in [0.5, 0.6) is 0 Å². The molecule has 0 amide bonds. The van der Waals surface area contributed by atoms with Gasteiger partial charge in [-0.2, -0.15) is 5.10 Å². The predicted molar refractivity (Wildman–Crippen MR) is 68.9 cm³/mol. The van der Waals surface area contributed by atoms with E-state index in [4.69, 9.17) is 11.6 Å². The Morgan fingerprint density at radius 3 is 2.69 bits per heavy atom. The summed E-state index contributed by atoms with van der Waals surface area (Å²) in [5.41, 5.74) is 1.09. The first kappa shape index (κ1) is 13.5. The number of nitrogens with zero attached hydrogens (tertiary/aromatic N) is 2. The number of rotatable bonds is 7. The minimum atomic E-state index is 0.168. The Bertz CT molecular complexity index is 292. The molecule has 0 saturated carbocycles. The summed E-state index contributed by atoms with van der Waals surface area (Å²) < 4.78 is 2.07. The summed E-state index contributed by atoms with van der Waals surface area (Å²) in [6, 6.07) is 2.60. The largest absolute Gasteiger partial charge is 0.310 e. The molecule has 92 valence electrons. The van der Waals surface area contributed by atoms with Gasteiger partial charge in [0.2, 0.25) is 0 Å². The first-order valence-electron chi connectivity index (χ1n) is 6.06. The van der Waals surface area contributed by atoms with E-state index < -0.39 is 0 Å². The molecule has 1 rings (SSSR count). The van der Waals surface area contributed by atoms with E-state index in [0.29, 0.717) is 6.04 Å². The molecular weight excluding hydrogens is 222 g/mol. The standard InChI is InChI=1S/C12H22ClN3/c1-4-12(5-2)16-7-6-11(15-16)9-14-8-10(3)13/h6-7,10,12,14H,4-5,8-9H2,1-3H3. The summed E-state index contributed by atoms with van der Waals surface area (Å²) in [6.07, 6.45) is 4.33. The third-order valence-corrected chi connectivity index (χ3v) is 2.87. The van der Waals surface area contributed by atoms with Crippen molar-refractivity contribution in [1.29, 1.82) is 0 Å². The van der Waals surface area contributed by atoms with Crippen LogP contribution < -0.4 is 5.32 Å². The van der Waals surface area contributed by atoms with Crippen molar-refractivity contribution in [2.24, 2.45) is 0 Å². The maximum absolute atomic E-state index is 5.86. The number of aromatic nitrogens is 2. The average molecular weight is 244 g/mol. The Labute approximate surface area is 103 Å². The predicted octanol–water partition coefficient (Wildman–Crippen LogP) is 2.96. The van der Waals surface area contributed by atoms with E-state index in [1.54, 1.807) is 0 Å². The van der Waals surface area contributed by atoms with Crippen LogP contribution >= 0.6 is 11.6 Å². The zero-order valence-corrected chi connectivity index (χ0v) is 11.2. The van der Waals surface area contributed by atoms with Crippen molar-refractivity contribution in [3.63, 3.8) is 0 Å². The van der Waals surface area contributed by atoms with Gasteiger partial charge in [0.1, 0.15) is 0 Å². The molecule has 0 fully saturated rings. The molecule has 4 heteroatoms. The van der Waals surface area contributed by atoms with E-state index in [1.807, 2.05) is 6.92 Å². The van der Waals surface area contributed by atoms with Gasteiger partial charge >= 0.3 is 0 Å². The summed E-state index contributed by atoms with van der Waals surface area (Å²) in [5, 5.41) is 8.01. The molecule has 1 unspecified atom stereocenters. The van der Waals surface area contributed by atoms with Crippen LogP contribution in [0, 0.1) is 0 Å². The van der Waals surface area contributed by atoms with Gasteiger partial charge in [0.05, 0.1) is 11.7 Å². The van der Waals surface area contributed by atoms with Gasteiger partial charge in [0.25, 0.3) is 0 Å². The second-order valence-corrected chi connectivity index (χ2v) is 4.91. The van der Waals surface area contributed by atoms with Crippen molar-refractivity contribution in [2.75, 3.05) is 6.54 Å². The molecule has 1 atom stereocenters. The highest BCUT2D eigenvalue weighted by molar-refractivity contribution is 6.20. The Morgan fingerprint density at radius 1 is 1.44 bits per heavy atom. The van der Waals surface area contributed by atoms with Crippen LogP contribution in [0.1, 0.15) is 45.3 Å². The number of hydrogen-bond acceptors (Lipinski definition) is 2. The molecule has 0 spiro atoms. The molecule has 3 nitrogen and oxygen atoms in total. The van der Waals surface area contributed by atoms with E-state index >= 15 is 0 Å². The Kier molecular flexibility index (Phi) is 5.85. The van der Waals surface area contributed by atoms with Gasteiger partial charge in [-0.25, -0.2) is 0 Å². The van der Waals surface area contributed by atoms with E-state index in [2.05, 4.69) is 41.2 Å². The summed E-state index contributed by atoms with van der Waals surface area (Å²) >= 11 is 5.86. The van der Waals surface area contributed by atoms with E-state index in [0.717, 1.165) is 31.6 Å². The highest BCUT2D eigenvalue weighted by atomic mass is 35.5. The fraction of sp³-hybridized carbons (Fsp3) is 0.750. The van der Waals surface area contributed by atoms with Gasteiger partial charge in [0.15, 0.2) is 0 Å². The average Bonchev–Trinajstić information content (AvgIpc) is 2.68. The molecular formula is C12H22ClN3. The minimum absolute atomic E-state index is 0.168. The minimum Gasteiger partial charge on any atom is -0.310 e. The van der Waals surface area contributed by atoms with Crippen molar-refractivity contribution in [3.8, 4) is 0 Å². The fourth-order valence-corrected chi connectivity index (χ4v) is 1.85. The van der Waals surface area contributed by atoms with Crippen LogP contribution in [0.3, 0.4) is 0 Å². The third kappa shape index (κ3) is 4.14. The van der Waals surface area contributed by atoms with Crippen LogP contribution in [-0.2, 0) is 6.54 Å². The molecule has 16 heavy (non-hydrogen) atoms. The number of alkyl halides is 1. The second kappa shape index (κ2) is 6.92. The lowest BCUT2D eigenvalue weighted by Gasteiger charge is -2.12. The van der Waals surface area contributed by atoms with Crippen LogP contribution in [0.15, 0.2) is 12.3 Å². The Balaban J connectivity index is 2.44. The summed E-state index contributed by atoms with van der Waals surface area (Å²) in [5.74, 6) is 0. The molecule has 0 aliphatic carbocycles. The van der Waals surface area contributed by atoms with Crippen LogP contribution in [0.4, 0.5) is 0 Å². The highest BCUT2D eigenvalue weighted by Gasteiger charge is 2.07. The molecule has 0 radical (unpaired) electrons. The first-order chi connectivity index (χ1) is 7.67. The third-order valence-electron chi connectivity index (χ3n) is 2.71. The van der Waals surface area contributed by atoms with Crippen molar-refractivity contribution < 1.29 is 0 Å². The van der Waals surface area contributed by atoms with Gasteiger partial charge < -0.3 is 5.32 Å². The molecule has 0 aliphatic heterocycles. The number of hydrogen-bond donors (Lipinski definition) is 1. The highest BCUT2D eigenvalue weighted by Crippen LogP contribution is 2.14. The zero-order valence-electron chi connectivity index (χ0n) is 10.4. The summed E-state index contributed by atoms with van der Waals surface area (Å²) in [4.78, 5) is 0. The second-order valence-electron chi connectivity index (χ2n) is 4.17. The molecule has 1 aromatic heterocycles. The van der Waals surface area contributed by atoms with Crippen molar-refractivity contribution in [3.05, 3.63) is 18.0 Å². The van der Waals surface area contributed by atoms with Crippen LogP contribution in [0.25, 0.3) is 0 Å². The fourth-order valence-electron chi connectivity index (χ4n) is 1.74. The monoisotopic (exact) mass is 243 g/mol. The Hall–Kier alpha value is -0.540. The smallest absolute Gasteiger partial charge is 0.0762 e. The zero-order chi connectivity index (χ0) is 12.0. The summed E-state index contributed by atoms with van der Waals surface area (Å²) in [7, 11) is 0. The normalized spacial score (nSPS) is 13.3. The molecule has 1 aromatic rings. The van der Waals surface area contributed by atoms with Gasteiger partial charge in [-0.05, 0) is 25.8 Å². The maximum atomic E-state index is 5.86. The van der Waals surface area contributed by atoms with E-state index in [9.17, 15) is 0 Å². The van der Waals surface area contributed by atoms with Crippen molar-refractivity contribution in [2.45, 2.75) is 51.6 Å². The topological polar surface area (TPSA) is 29.9 Å². The lowest BCUT2D eigenvalue weighted by atomic mass is 10.2. The van der Waals surface area contributed by atoms with E-state index in [1.165, 1.54) is 0 Å². The lowest BCUT2D eigenvalue weighted by Crippen LogP contribution is -2.21. The maximum Gasteiger partial charge on any atom is 0.0762 e. The van der Waals surface area contributed by atoms with Gasteiger partial charge in [0, 0.05) is 24.7 Å². The van der Waals surface area contributed by atoms with Gasteiger partial charge in [-0.3, -0.25) is 4.68 Å². The number of nitrogens with one attached hydrogen (secondary N) is 1. The lowest BCUT2D eigenvalue weighted by molar-refractivity contribution is 0.424. The van der Waals surface area contributed by atoms with Gasteiger partial charge in [-0.1, -0.05) is 13.8 Å². The van der Waals surface area contributed by atoms with Crippen LogP contribution in [0.2, 0.25) is 0 Å².